The van der Waals surface area contributed by atoms with E-state index < -0.39 is 5.41 Å². The van der Waals surface area contributed by atoms with Crippen molar-refractivity contribution in [1.82, 2.24) is 0 Å². The lowest BCUT2D eigenvalue weighted by molar-refractivity contribution is 0.776. The Kier molecular flexibility index (Phi) is 9.45. The fourth-order valence-corrected chi connectivity index (χ4v) is 14.5. The maximum Gasteiger partial charge on any atom is 0.0726 e. The fraction of sp³-hybridized carbons (Fsp3) is 0.0137. The first-order valence-corrected chi connectivity index (χ1v) is 27.1. The monoisotopic (exact) mass is 982 g/mol. The highest BCUT2D eigenvalue weighted by Crippen LogP contribution is 2.64. The largest absolute Gasteiger partial charge is 0.310 e. The maximum atomic E-state index is 2.56. The van der Waals surface area contributed by atoms with Crippen LogP contribution in [0.1, 0.15) is 22.3 Å². The fourth-order valence-electron chi connectivity index (χ4n) is 13.4. The summed E-state index contributed by atoms with van der Waals surface area (Å²) in [5.74, 6) is 0. The van der Waals surface area contributed by atoms with Crippen molar-refractivity contribution >= 4 is 65.6 Å². The van der Waals surface area contributed by atoms with Gasteiger partial charge in [-0.05, 0) is 139 Å². The zero-order valence-electron chi connectivity index (χ0n) is 41.4. The summed E-state index contributed by atoms with van der Waals surface area (Å²) in [6.45, 7) is 0. The molecular weight excluding hydrogens is 937 g/mol. The van der Waals surface area contributed by atoms with Gasteiger partial charge in [-0.2, -0.15) is 0 Å². The SMILES string of the molecule is c1ccc(-c2ccccc2N(c2ccc3c(c2)-c2ccccc2N(c2ccccc2)c2ccccc2-3)c2ccc3c(c2)C2(c4ccccc4-c4ccccc4-3)c3ccccc3-c3c2ccc2sc4ccccc4c32)cc1. The van der Waals surface area contributed by atoms with Crippen molar-refractivity contribution in [3.63, 3.8) is 0 Å². The van der Waals surface area contributed by atoms with Crippen LogP contribution in [0, 0.1) is 0 Å². The minimum Gasteiger partial charge on any atom is -0.310 e. The molecule has 354 valence electrons. The second kappa shape index (κ2) is 16.7. The van der Waals surface area contributed by atoms with E-state index >= 15 is 0 Å². The third kappa shape index (κ3) is 6.09. The zero-order chi connectivity index (χ0) is 49.9. The first-order chi connectivity index (χ1) is 37.7. The van der Waals surface area contributed by atoms with Crippen molar-refractivity contribution in [3.05, 3.63) is 301 Å². The van der Waals surface area contributed by atoms with Crippen LogP contribution in [-0.4, -0.2) is 0 Å². The average Bonchev–Trinajstić information content (AvgIpc) is 3.96. The molecule has 2 heterocycles. The number of hydrogen-bond donors (Lipinski definition) is 0. The molecule has 1 spiro atoms. The van der Waals surface area contributed by atoms with Crippen molar-refractivity contribution in [1.29, 1.82) is 0 Å². The van der Waals surface area contributed by atoms with Gasteiger partial charge in [-0.1, -0.05) is 212 Å². The second-order valence-electron chi connectivity index (χ2n) is 20.2. The van der Waals surface area contributed by atoms with Crippen LogP contribution in [0.5, 0.6) is 0 Å². The number of nitrogens with zero attached hydrogens (tertiary/aromatic N) is 2. The van der Waals surface area contributed by atoms with Crippen molar-refractivity contribution in [2.75, 3.05) is 9.80 Å². The molecule has 76 heavy (non-hydrogen) atoms. The van der Waals surface area contributed by atoms with Crippen molar-refractivity contribution < 1.29 is 0 Å². The van der Waals surface area contributed by atoms with Crippen LogP contribution in [0.4, 0.5) is 34.1 Å². The Hall–Kier alpha value is -9.54. The molecule has 0 saturated carbocycles. The lowest BCUT2D eigenvalue weighted by Gasteiger charge is -2.37. The number of hydrogen-bond acceptors (Lipinski definition) is 3. The third-order valence-corrected chi connectivity index (χ3v) is 17.6. The highest BCUT2D eigenvalue weighted by molar-refractivity contribution is 7.26. The van der Waals surface area contributed by atoms with E-state index in [1.165, 1.54) is 98.1 Å². The van der Waals surface area contributed by atoms with E-state index in [9.17, 15) is 0 Å². The molecule has 1 aliphatic heterocycles. The Morgan fingerprint density at radius 3 is 1.57 bits per heavy atom. The van der Waals surface area contributed by atoms with E-state index in [0.29, 0.717) is 0 Å². The van der Waals surface area contributed by atoms with E-state index in [1.807, 2.05) is 11.3 Å². The Morgan fingerprint density at radius 2 is 0.829 bits per heavy atom. The molecule has 0 N–H and O–H groups in total. The molecule has 1 atom stereocenters. The summed E-state index contributed by atoms with van der Waals surface area (Å²) in [6, 6.07) is 104. The normalized spacial score (nSPS) is 14.3. The number of rotatable bonds is 5. The maximum absolute atomic E-state index is 2.56. The van der Waals surface area contributed by atoms with Gasteiger partial charge in [0.05, 0.1) is 22.5 Å². The number of fused-ring (bicyclic) bond motifs is 21. The molecule has 1 aromatic heterocycles. The van der Waals surface area contributed by atoms with Crippen molar-refractivity contribution in [3.8, 4) is 66.8 Å². The highest BCUT2D eigenvalue weighted by atomic mass is 32.1. The van der Waals surface area contributed by atoms with Gasteiger partial charge >= 0.3 is 0 Å². The molecule has 3 heteroatoms. The quantitative estimate of drug-likeness (QED) is 0.170. The van der Waals surface area contributed by atoms with Crippen molar-refractivity contribution in [2.45, 2.75) is 5.41 Å². The molecule has 0 amide bonds. The Balaban J connectivity index is 1.02. The van der Waals surface area contributed by atoms with Gasteiger partial charge in [-0.25, -0.2) is 0 Å². The molecule has 0 saturated heterocycles. The molecule has 0 radical (unpaired) electrons. The first-order valence-electron chi connectivity index (χ1n) is 26.2. The molecule has 0 fully saturated rings. The van der Waals surface area contributed by atoms with Gasteiger partial charge in [0.1, 0.15) is 0 Å². The minimum absolute atomic E-state index is 0.688. The van der Waals surface area contributed by atoms with Gasteiger partial charge in [0.25, 0.3) is 0 Å². The van der Waals surface area contributed by atoms with Crippen LogP contribution in [-0.2, 0) is 5.41 Å². The van der Waals surface area contributed by atoms with Gasteiger partial charge in [0.15, 0.2) is 0 Å². The summed E-state index contributed by atoms with van der Waals surface area (Å²) >= 11 is 1.90. The number of para-hydroxylation sites is 4. The summed E-state index contributed by atoms with van der Waals surface area (Å²) in [5.41, 5.74) is 25.9. The molecule has 12 aromatic carbocycles. The van der Waals surface area contributed by atoms with Gasteiger partial charge in [0, 0.05) is 53.9 Å². The summed E-state index contributed by atoms with van der Waals surface area (Å²) in [6.07, 6.45) is 0. The number of thiophene rings is 1. The summed E-state index contributed by atoms with van der Waals surface area (Å²) < 4.78 is 2.63. The summed E-state index contributed by atoms with van der Waals surface area (Å²) in [7, 11) is 0. The molecular formula is C73H46N2S. The van der Waals surface area contributed by atoms with Crippen LogP contribution in [0.15, 0.2) is 279 Å². The highest BCUT2D eigenvalue weighted by Gasteiger charge is 2.50. The van der Waals surface area contributed by atoms with Crippen LogP contribution in [0.3, 0.4) is 0 Å². The second-order valence-corrected chi connectivity index (χ2v) is 21.3. The van der Waals surface area contributed by atoms with E-state index in [0.717, 1.165) is 45.3 Å². The standard InChI is InChI=1S/C73H46N2S/c1-3-21-47(22-4-1)51-25-11-17-35-66(51)74(49-39-41-54-57-29-12-18-36-67(57)75(48-23-5-2-6-24-48)68-37-19-13-30-58(68)61(54)45-49)50-40-42-56-53-27-8-7-26-52(53)55-28-9-15-33-62(55)73(65(56)46-50)63-34-16-10-31-59(63)71-64(73)43-44-70-72(71)60-32-14-20-38-69(60)76-70/h1-46H. The zero-order valence-corrected chi connectivity index (χ0v) is 42.2. The molecule has 13 aromatic rings. The first kappa shape index (κ1) is 42.9. The topological polar surface area (TPSA) is 6.48 Å². The lowest BCUT2D eigenvalue weighted by atomic mass is 9.65. The smallest absolute Gasteiger partial charge is 0.0726 e. The minimum atomic E-state index is -0.688. The van der Waals surface area contributed by atoms with Crippen LogP contribution in [0.25, 0.3) is 86.9 Å². The molecule has 3 aliphatic rings. The van der Waals surface area contributed by atoms with Crippen LogP contribution in [0.2, 0.25) is 0 Å². The van der Waals surface area contributed by atoms with Crippen molar-refractivity contribution in [2.24, 2.45) is 0 Å². The molecule has 2 aliphatic carbocycles. The number of benzene rings is 12. The van der Waals surface area contributed by atoms with Crippen LogP contribution >= 0.6 is 11.3 Å². The van der Waals surface area contributed by atoms with E-state index in [1.54, 1.807) is 0 Å². The van der Waals surface area contributed by atoms with E-state index in [4.69, 9.17) is 0 Å². The van der Waals surface area contributed by atoms with E-state index in [2.05, 4.69) is 289 Å². The third-order valence-electron chi connectivity index (χ3n) is 16.4. The molecule has 1 unspecified atom stereocenters. The molecule has 0 bridgehead atoms. The Labute approximate surface area is 446 Å². The van der Waals surface area contributed by atoms with Crippen LogP contribution < -0.4 is 9.80 Å². The summed E-state index contributed by atoms with van der Waals surface area (Å²) in [5, 5.41) is 2.66. The van der Waals surface area contributed by atoms with Gasteiger partial charge in [-0.3, -0.25) is 0 Å². The number of anilines is 6. The predicted octanol–water partition coefficient (Wildman–Crippen LogP) is 20.3. The summed E-state index contributed by atoms with van der Waals surface area (Å²) in [4.78, 5) is 4.96. The van der Waals surface area contributed by atoms with Gasteiger partial charge in [-0.15, -0.1) is 11.3 Å². The van der Waals surface area contributed by atoms with Gasteiger partial charge in [0.2, 0.25) is 0 Å². The predicted molar refractivity (Wildman–Crippen MR) is 320 cm³/mol. The molecule has 2 nitrogen and oxygen atoms in total. The van der Waals surface area contributed by atoms with E-state index in [-0.39, 0.29) is 0 Å². The molecule has 16 rings (SSSR count). The Bertz CT molecular complexity index is 4490. The van der Waals surface area contributed by atoms with Gasteiger partial charge < -0.3 is 9.80 Å². The lowest BCUT2D eigenvalue weighted by Crippen LogP contribution is -2.29. The Morgan fingerprint density at radius 1 is 0.316 bits per heavy atom. The average molecular weight is 983 g/mol.